The van der Waals surface area contributed by atoms with Crippen molar-refractivity contribution >= 4 is 23.0 Å². The Balaban J connectivity index is 3.04. The fourth-order valence-corrected chi connectivity index (χ4v) is 0.882. The van der Waals surface area contributed by atoms with Crippen molar-refractivity contribution in [2.75, 3.05) is 5.32 Å². The average molecular weight is 184 g/mol. The monoisotopic (exact) mass is 184 g/mol. The van der Waals surface area contributed by atoms with Crippen LogP contribution < -0.4 is 11.1 Å². The fourth-order valence-electron chi connectivity index (χ4n) is 0.780. The summed E-state index contributed by atoms with van der Waals surface area (Å²) in [6.45, 7) is 0. The molecule has 0 radical (unpaired) electrons. The summed E-state index contributed by atoms with van der Waals surface area (Å²) in [5.41, 5.74) is 5.29. The Morgan fingerprint density at radius 1 is 1.33 bits per heavy atom. The van der Waals surface area contributed by atoms with E-state index in [0.717, 1.165) is 0 Å². The standard InChI is InChI=1S/C7H8N2O2S/c8-7(12)9-6-4(10)2-1-3-5(6)11/h1-3,10-11H,(H3,8,9,12). The Morgan fingerprint density at radius 3 is 2.25 bits per heavy atom. The zero-order chi connectivity index (χ0) is 9.14. The highest BCUT2D eigenvalue weighted by Crippen LogP contribution is 2.31. The first-order valence-electron chi connectivity index (χ1n) is 3.18. The number of benzene rings is 1. The van der Waals surface area contributed by atoms with Crippen molar-refractivity contribution in [2.45, 2.75) is 0 Å². The first-order valence-corrected chi connectivity index (χ1v) is 3.59. The molecule has 5 heteroatoms. The van der Waals surface area contributed by atoms with Crippen molar-refractivity contribution in [3.05, 3.63) is 18.2 Å². The van der Waals surface area contributed by atoms with E-state index in [4.69, 9.17) is 5.73 Å². The van der Waals surface area contributed by atoms with Crippen LogP contribution in [0, 0.1) is 0 Å². The summed E-state index contributed by atoms with van der Waals surface area (Å²) >= 11 is 4.54. The molecule has 0 saturated heterocycles. The summed E-state index contributed by atoms with van der Waals surface area (Å²) in [4.78, 5) is 0. The molecule has 4 nitrogen and oxygen atoms in total. The average Bonchev–Trinajstić information content (AvgIpc) is 1.97. The predicted molar refractivity (Wildman–Crippen MR) is 50.2 cm³/mol. The molecule has 0 aliphatic carbocycles. The summed E-state index contributed by atoms with van der Waals surface area (Å²) in [6.07, 6.45) is 0. The Labute approximate surface area is 74.6 Å². The molecule has 12 heavy (non-hydrogen) atoms. The molecular formula is C7H8N2O2S. The maximum Gasteiger partial charge on any atom is 0.168 e. The smallest absolute Gasteiger partial charge is 0.168 e. The Kier molecular flexibility index (Phi) is 2.35. The molecule has 0 spiro atoms. The highest BCUT2D eigenvalue weighted by molar-refractivity contribution is 7.80. The second-order valence-corrected chi connectivity index (χ2v) is 2.60. The van der Waals surface area contributed by atoms with Gasteiger partial charge in [0.05, 0.1) is 0 Å². The van der Waals surface area contributed by atoms with Gasteiger partial charge in [0.2, 0.25) is 0 Å². The molecule has 1 rings (SSSR count). The van der Waals surface area contributed by atoms with E-state index in [-0.39, 0.29) is 22.3 Å². The van der Waals surface area contributed by atoms with Crippen LogP contribution >= 0.6 is 12.2 Å². The summed E-state index contributed by atoms with van der Waals surface area (Å²) in [5.74, 6) is -0.189. The number of para-hydroxylation sites is 1. The largest absolute Gasteiger partial charge is 0.506 e. The number of aromatic hydroxyl groups is 2. The van der Waals surface area contributed by atoms with Crippen molar-refractivity contribution in [3.63, 3.8) is 0 Å². The van der Waals surface area contributed by atoms with Gasteiger partial charge in [-0.25, -0.2) is 0 Å². The van der Waals surface area contributed by atoms with Gasteiger partial charge in [0.25, 0.3) is 0 Å². The Hall–Kier alpha value is -1.49. The van der Waals surface area contributed by atoms with Crippen LogP contribution in [0.4, 0.5) is 5.69 Å². The molecule has 0 aliphatic heterocycles. The van der Waals surface area contributed by atoms with Crippen LogP contribution in [0.3, 0.4) is 0 Å². The molecule has 0 amide bonds. The van der Waals surface area contributed by atoms with Gasteiger partial charge in [-0.1, -0.05) is 6.07 Å². The number of nitrogens with two attached hydrogens (primary N) is 1. The van der Waals surface area contributed by atoms with E-state index < -0.39 is 0 Å². The lowest BCUT2D eigenvalue weighted by Crippen LogP contribution is -2.18. The van der Waals surface area contributed by atoms with Crippen LogP contribution in [0.5, 0.6) is 11.5 Å². The Bertz CT molecular complexity index is 294. The summed E-state index contributed by atoms with van der Waals surface area (Å²) < 4.78 is 0. The van der Waals surface area contributed by atoms with E-state index in [9.17, 15) is 10.2 Å². The van der Waals surface area contributed by atoms with E-state index in [1.54, 1.807) is 0 Å². The molecule has 0 unspecified atom stereocenters. The molecular weight excluding hydrogens is 176 g/mol. The quantitative estimate of drug-likeness (QED) is 0.382. The van der Waals surface area contributed by atoms with Gasteiger partial charge in [-0.2, -0.15) is 0 Å². The molecule has 0 aliphatic rings. The van der Waals surface area contributed by atoms with Crippen LogP contribution in [0.2, 0.25) is 0 Å². The summed E-state index contributed by atoms with van der Waals surface area (Å²) in [6, 6.07) is 4.34. The third-order valence-corrected chi connectivity index (χ3v) is 1.37. The normalized spacial score (nSPS) is 9.33. The summed E-state index contributed by atoms with van der Waals surface area (Å²) in [7, 11) is 0. The topological polar surface area (TPSA) is 78.5 Å². The number of nitrogens with one attached hydrogen (secondary N) is 1. The van der Waals surface area contributed by atoms with Crippen molar-refractivity contribution in [2.24, 2.45) is 5.73 Å². The first kappa shape index (κ1) is 8.61. The number of anilines is 1. The number of phenols is 2. The van der Waals surface area contributed by atoms with E-state index in [2.05, 4.69) is 17.5 Å². The van der Waals surface area contributed by atoms with Crippen LogP contribution in [0.25, 0.3) is 0 Å². The van der Waals surface area contributed by atoms with E-state index in [0.29, 0.717) is 0 Å². The molecule has 5 N–H and O–H groups in total. The highest BCUT2D eigenvalue weighted by Gasteiger charge is 2.05. The van der Waals surface area contributed by atoms with Crippen molar-refractivity contribution < 1.29 is 10.2 Å². The van der Waals surface area contributed by atoms with Gasteiger partial charge in [-0.15, -0.1) is 0 Å². The lowest BCUT2D eigenvalue weighted by atomic mass is 10.2. The van der Waals surface area contributed by atoms with Gasteiger partial charge >= 0.3 is 0 Å². The second-order valence-electron chi connectivity index (χ2n) is 2.16. The first-order chi connectivity index (χ1) is 5.61. The van der Waals surface area contributed by atoms with E-state index in [1.807, 2.05) is 0 Å². The zero-order valence-corrected chi connectivity index (χ0v) is 6.93. The minimum absolute atomic E-state index is 0.00759. The minimum atomic E-state index is -0.0946. The molecule has 0 aromatic heterocycles. The lowest BCUT2D eigenvalue weighted by Gasteiger charge is -2.07. The number of rotatable bonds is 1. The van der Waals surface area contributed by atoms with Gasteiger partial charge in [0.1, 0.15) is 17.2 Å². The SMILES string of the molecule is NC(=S)Nc1c(O)cccc1O. The lowest BCUT2D eigenvalue weighted by molar-refractivity contribution is 0.455. The minimum Gasteiger partial charge on any atom is -0.506 e. The number of thiocarbonyl (C=S) groups is 1. The maximum absolute atomic E-state index is 9.20. The molecule has 0 atom stereocenters. The zero-order valence-electron chi connectivity index (χ0n) is 6.11. The molecule has 64 valence electrons. The molecule has 1 aromatic carbocycles. The molecule has 0 saturated carbocycles. The van der Waals surface area contributed by atoms with Gasteiger partial charge in [-0.3, -0.25) is 0 Å². The third kappa shape index (κ3) is 1.76. The number of hydrogen-bond acceptors (Lipinski definition) is 3. The molecule has 0 fully saturated rings. The molecule has 0 heterocycles. The summed E-state index contributed by atoms with van der Waals surface area (Å²) in [5, 5.41) is 20.8. The number of phenolic OH excluding ortho intramolecular Hbond substituents is 2. The highest BCUT2D eigenvalue weighted by atomic mass is 32.1. The fraction of sp³-hybridized carbons (Fsp3) is 0. The second kappa shape index (κ2) is 3.27. The van der Waals surface area contributed by atoms with Gasteiger partial charge in [-0.05, 0) is 24.4 Å². The van der Waals surface area contributed by atoms with Crippen LogP contribution in [-0.2, 0) is 0 Å². The van der Waals surface area contributed by atoms with Gasteiger partial charge in [0.15, 0.2) is 5.11 Å². The van der Waals surface area contributed by atoms with Crippen molar-refractivity contribution in [1.29, 1.82) is 0 Å². The van der Waals surface area contributed by atoms with Gasteiger partial charge < -0.3 is 21.3 Å². The van der Waals surface area contributed by atoms with Crippen LogP contribution in [-0.4, -0.2) is 15.3 Å². The Morgan fingerprint density at radius 2 is 1.83 bits per heavy atom. The van der Waals surface area contributed by atoms with E-state index >= 15 is 0 Å². The van der Waals surface area contributed by atoms with Crippen LogP contribution in [0.1, 0.15) is 0 Å². The maximum atomic E-state index is 9.20. The van der Waals surface area contributed by atoms with Crippen molar-refractivity contribution in [1.82, 2.24) is 0 Å². The molecule has 1 aromatic rings. The van der Waals surface area contributed by atoms with Gasteiger partial charge in [0, 0.05) is 0 Å². The third-order valence-electron chi connectivity index (χ3n) is 1.27. The van der Waals surface area contributed by atoms with E-state index in [1.165, 1.54) is 18.2 Å². The molecule has 0 bridgehead atoms. The van der Waals surface area contributed by atoms with Crippen LogP contribution in [0.15, 0.2) is 18.2 Å². The number of hydrogen-bond donors (Lipinski definition) is 4. The van der Waals surface area contributed by atoms with Crippen molar-refractivity contribution in [3.8, 4) is 11.5 Å². The predicted octanol–water partition coefficient (Wildman–Crippen LogP) is 0.753.